The highest BCUT2D eigenvalue weighted by Gasteiger charge is 2.31. The number of benzene rings is 9. The summed E-state index contributed by atoms with van der Waals surface area (Å²) in [5, 5.41) is 17.5. The Hall–Kier alpha value is -7.29. The molecule has 0 saturated heterocycles. The fourth-order valence-electron chi connectivity index (χ4n) is 9.37. The Kier molecular flexibility index (Phi) is 6.89. The third-order valence-electron chi connectivity index (χ3n) is 11.6. The zero-order valence-corrected chi connectivity index (χ0v) is 30.1. The van der Waals surface area contributed by atoms with Crippen molar-refractivity contribution >= 4 is 66.0 Å². The van der Waals surface area contributed by atoms with Gasteiger partial charge in [0, 0.05) is 22.7 Å². The zero-order valence-electron chi connectivity index (χ0n) is 30.1. The summed E-state index contributed by atoms with van der Waals surface area (Å²) in [5.41, 5.74) is 15.7. The molecule has 1 heterocycles. The molecule has 0 radical (unpaired) electrons. The van der Waals surface area contributed by atoms with E-state index in [-0.39, 0.29) is 0 Å². The van der Waals surface area contributed by atoms with Crippen molar-refractivity contribution in [2.24, 2.45) is 0 Å². The van der Waals surface area contributed by atoms with Crippen molar-refractivity contribution in [3.05, 3.63) is 189 Å². The van der Waals surface area contributed by atoms with Crippen molar-refractivity contribution in [1.82, 2.24) is 4.57 Å². The molecule has 1 aromatic heterocycles. The highest BCUT2D eigenvalue weighted by molar-refractivity contribution is 6.29. The third kappa shape index (κ3) is 4.52. The van der Waals surface area contributed by atoms with Gasteiger partial charge in [-0.1, -0.05) is 158 Å². The summed E-state index contributed by atoms with van der Waals surface area (Å²) in [7, 11) is 0. The van der Waals surface area contributed by atoms with E-state index in [9.17, 15) is 0 Å². The molecule has 256 valence electrons. The standard InChI is InChI=1S/C53H34N2/c1-33(14-13-31-54)55-46-24-11-10-21-43(46)51-39-27-25-36(32-37(39)26-30-47(51)55)38-28-29-45-50-40(38)22-12-23-44(50)52-48(34-15-4-2-5-16-34)41-19-8-9-20-42(41)49(53(45)52)35-17-6-3-7-18-35/h2-32,54H,1H2/b14-13-,54-31?. The van der Waals surface area contributed by atoms with Gasteiger partial charge in [-0.3, -0.25) is 0 Å². The van der Waals surface area contributed by atoms with E-state index >= 15 is 0 Å². The van der Waals surface area contributed by atoms with Gasteiger partial charge in [0.1, 0.15) is 0 Å². The molecule has 10 aromatic rings. The summed E-state index contributed by atoms with van der Waals surface area (Å²) in [6.07, 6.45) is 4.91. The number of fused-ring (bicyclic) bond motifs is 9. The molecular formula is C53H34N2. The van der Waals surface area contributed by atoms with Gasteiger partial charge in [-0.05, 0) is 118 Å². The molecular weight excluding hydrogens is 665 g/mol. The fraction of sp³-hybridized carbons (Fsp3) is 0. The van der Waals surface area contributed by atoms with Crippen molar-refractivity contribution in [2.75, 3.05) is 0 Å². The van der Waals surface area contributed by atoms with E-state index in [1.165, 1.54) is 105 Å². The Balaban J connectivity index is 1.17. The first-order valence-electron chi connectivity index (χ1n) is 18.8. The van der Waals surface area contributed by atoms with Crippen molar-refractivity contribution in [3.8, 4) is 55.6 Å². The lowest BCUT2D eigenvalue weighted by molar-refractivity contribution is 1.25. The summed E-state index contributed by atoms with van der Waals surface area (Å²) in [6.45, 7) is 4.37. The first-order chi connectivity index (χ1) is 27.2. The van der Waals surface area contributed by atoms with E-state index in [1.54, 1.807) is 6.08 Å². The van der Waals surface area contributed by atoms with Crippen LogP contribution in [-0.4, -0.2) is 10.8 Å². The van der Waals surface area contributed by atoms with Crippen LogP contribution >= 0.6 is 0 Å². The molecule has 0 atom stereocenters. The minimum absolute atomic E-state index is 0.832. The topological polar surface area (TPSA) is 28.8 Å². The number of nitrogens with zero attached hydrogens (tertiary/aromatic N) is 1. The molecule has 0 fully saturated rings. The smallest absolute Gasteiger partial charge is 0.0547 e. The number of nitrogens with one attached hydrogen (secondary N) is 1. The maximum absolute atomic E-state index is 7.52. The number of hydrogen-bond acceptors (Lipinski definition) is 1. The van der Waals surface area contributed by atoms with Gasteiger partial charge in [0.25, 0.3) is 0 Å². The minimum Gasteiger partial charge on any atom is -0.310 e. The zero-order chi connectivity index (χ0) is 36.6. The van der Waals surface area contributed by atoms with E-state index in [0.29, 0.717) is 0 Å². The average Bonchev–Trinajstić information content (AvgIpc) is 3.76. The summed E-state index contributed by atoms with van der Waals surface area (Å²) < 4.78 is 2.20. The van der Waals surface area contributed by atoms with Crippen LogP contribution in [0.5, 0.6) is 0 Å². The number of allylic oxidation sites excluding steroid dienone is 3. The van der Waals surface area contributed by atoms with Gasteiger partial charge in [-0.15, -0.1) is 0 Å². The normalized spacial score (nSPS) is 12.1. The number of para-hydroxylation sites is 1. The van der Waals surface area contributed by atoms with Crippen molar-refractivity contribution in [3.63, 3.8) is 0 Å². The van der Waals surface area contributed by atoms with Gasteiger partial charge in [0.05, 0.1) is 11.0 Å². The summed E-state index contributed by atoms with van der Waals surface area (Å²) >= 11 is 0. The highest BCUT2D eigenvalue weighted by atomic mass is 15.0. The van der Waals surface area contributed by atoms with Crippen LogP contribution in [-0.2, 0) is 0 Å². The molecule has 2 heteroatoms. The monoisotopic (exact) mass is 698 g/mol. The molecule has 1 aliphatic rings. The minimum atomic E-state index is 0.832. The second-order valence-corrected chi connectivity index (χ2v) is 14.4. The molecule has 1 aliphatic carbocycles. The molecule has 0 bridgehead atoms. The van der Waals surface area contributed by atoms with Gasteiger partial charge in [0.15, 0.2) is 0 Å². The molecule has 55 heavy (non-hydrogen) atoms. The average molecular weight is 699 g/mol. The predicted molar refractivity (Wildman–Crippen MR) is 236 cm³/mol. The molecule has 11 rings (SSSR count). The molecule has 0 aliphatic heterocycles. The quantitative estimate of drug-likeness (QED) is 0.132. The van der Waals surface area contributed by atoms with Crippen LogP contribution in [0.3, 0.4) is 0 Å². The molecule has 1 N–H and O–H groups in total. The van der Waals surface area contributed by atoms with Crippen LogP contribution in [0.1, 0.15) is 0 Å². The number of rotatable bonds is 6. The van der Waals surface area contributed by atoms with Crippen LogP contribution in [0.15, 0.2) is 189 Å². The van der Waals surface area contributed by atoms with Crippen LogP contribution in [0.2, 0.25) is 0 Å². The maximum Gasteiger partial charge on any atom is 0.0547 e. The first-order valence-corrected chi connectivity index (χ1v) is 18.8. The second kappa shape index (κ2) is 12.1. The number of hydrogen-bond donors (Lipinski definition) is 1. The Morgan fingerprint density at radius 3 is 1.73 bits per heavy atom. The van der Waals surface area contributed by atoms with Crippen molar-refractivity contribution < 1.29 is 0 Å². The Bertz CT molecular complexity index is 3180. The molecule has 2 nitrogen and oxygen atoms in total. The Morgan fingerprint density at radius 1 is 0.436 bits per heavy atom. The van der Waals surface area contributed by atoms with Gasteiger partial charge >= 0.3 is 0 Å². The van der Waals surface area contributed by atoms with E-state index in [1.807, 2.05) is 6.08 Å². The van der Waals surface area contributed by atoms with Crippen LogP contribution < -0.4 is 0 Å². The molecule has 0 amide bonds. The maximum atomic E-state index is 7.52. The Labute approximate surface area is 319 Å². The van der Waals surface area contributed by atoms with Crippen molar-refractivity contribution in [2.45, 2.75) is 0 Å². The highest BCUT2D eigenvalue weighted by Crippen LogP contribution is 2.58. The van der Waals surface area contributed by atoms with Gasteiger partial charge < -0.3 is 9.98 Å². The lowest BCUT2D eigenvalue weighted by atomic mass is 9.82. The van der Waals surface area contributed by atoms with Crippen LogP contribution in [0, 0.1) is 5.41 Å². The Morgan fingerprint density at radius 2 is 1.04 bits per heavy atom. The number of aromatic nitrogens is 1. The fourth-order valence-corrected chi connectivity index (χ4v) is 9.37. The molecule has 0 spiro atoms. The van der Waals surface area contributed by atoms with Crippen LogP contribution in [0.4, 0.5) is 0 Å². The molecule has 0 unspecified atom stereocenters. The summed E-state index contributed by atoms with van der Waals surface area (Å²) in [4.78, 5) is 0. The van der Waals surface area contributed by atoms with Gasteiger partial charge in [-0.2, -0.15) is 0 Å². The van der Waals surface area contributed by atoms with Gasteiger partial charge in [-0.25, -0.2) is 0 Å². The molecule has 9 aromatic carbocycles. The second-order valence-electron chi connectivity index (χ2n) is 14.4. The largest absolute Gasteiger partial charge is 0.310 e. The van der Waals surface area contributed by atoms with E-state index in [0.717, 1.165) is 16.7 Å². The van der Waals surface area contributed by atoms with E-state index in [2.05, 4.69) is 181 Å². The molecule has 0 saturated carbocycles. The SMILES string of the molecule is C=C(/C=C\C=N)n1c2ccccc2c2c3ccc(-c4ccc5c6c(cccc46)-c4c-5c(-c5ccccc5)c5ccccc5c4-c4ccccc4)cc3ccc21. The third-order valence-corrected chi connectivity index (χ3v) is 11.6. The van der Waals surface area contributed by atoms with Crippen LogP contribution in [0.25, 0.3) is 115 Å². The lowest BCUT2D eigenvalue weighted by Crippen LogP contribution is -1.93. The van der Waals surface area contributed by atoms with Gasteiger partial charge in [0.2, 0.25) is 0 Å². The summed E-state index contributed by atoms with van der Waals surface area (Å²) in [5.74, 6) is 0. The predicted octanol–water partition coefficient (Wildman–Crippen LogP) is 14.6. The lowest BCUT2D eigenvalue weighted by Gasteiger charge is -2.20. The van der Waals surface area contributed by atoms with E-state index < -0.39 is 0 Å². The van der Waals surface area contributed by atoms with E-state index in [4.69, 9.17) is 5.41 Å². The summed E-state index contributed by atoms with van der Waals surface area (Å²) in [6, 6.07) is 62.3. The van der Waals surface area contributed by atoms with Crippen molar-refractivity contribution in [1.29, 1.82) is 5.41 Å². The first kappa shape index (κ1) is 31.3.